The third-order valence-corrected chi connectivity index (χ3v) is 7.10. The molecule has 7 heteroatoms. The van der Waals surface area contributed by atoms with Crippen LogP contribution in [0.15, 0.2) is 18.2 Å². The van der Waals surface area contributed by atoms with E-state index in [0.717, 1.165) is 82.7 Å². The predicted octanol–water partition coefficient (Wildman–Crippen LogP) is 2.62. The molecule has 2 aliphatic heterocycles. The normalized spacial score (nSPS) is 22.1. The van der Waals surface area contributed by atoms with Crippen molar-refractivity contribution in [3.8, 4) is 5.75 Å². The SMILES string of the molecule is COc1ccc(C(=O)NCCN(C2CCOCC2)C2CCCN(C(=O)C3CC3)C2)c(C)c1. The van der Waals surface area contributed by atoms with E-state index in [1.54, 1.807) is 7.11 Å². The molecule has 176 valence electrons. The van der Waals surface area contributed by atoms with E-state index in [0.29, 0.717) is 30.1 Å². The Bertz CT molecular complexity index is 804. The maximum atomic E-state index is 12.8. The molecule has 2 heterocycles. The summed E-state index contributed by atoms with van der Waals surface area (Å²) in [5.74, 6) is 1.33. The van der Waals surface area contributed by atoms with Crippen molar-refractivity contribution in [1.82, 2.24) is 15.1 Å². The summed E-state index contributed by atoms with van der Waals surface area (Å²) in [6.07, 6.45) is 6.30. The van der Waals surface area contributed by atoms with Crippen LogP contribution < -0.4 is 10.1 Å². The molecule has 2 amide bonds. The zero-order chi connectivity index (χ0) is 22.5. The molecular formula is C25H37N3O4. The highest BCUT2D eigenvalue weighted by Crippen LogP contribution is 2.33. The van der Waals surface area contributed by atoms with Crippen LogP contribution in [0.3, 0.4) is 0 Å². The summed E-state index contributed by atoms with van der Waals surface area (Å²) in [5, 5.41) is 3.11. The Morgan fingerprint density at radius 1 is 1.16 bits per heavy atom. The molecule has 32 heavy (non-hydrogen) atoms. The van der Waals surface area contributed by atoms with Gasteiger partial charge in [-0.3, -0.25) is 14.5 Å². The van der Waals surface area contributed by atoms with E-state index in [1.807, 2.05) is 25.1 Å². The number of methoxy groups -OCH3 is 1. The van der Waals surface area contributed by atoms with Gasteiger partial charge in [0.05, 0.1) is 7.11 Å². The minimum atomic E-state index is -0.0498. The molecule has 1 N–H and O–H groups in total. The summed E-state index contributed by atoms with van der Waals surface area (Å²) in [7, 11) is 1.63. The second-order valence-corrected chi connectivity index (χ2v) is 9.37. The summed E-state index contributed by atoms with van der Waals surface area (Å²) in [4.78, 5) is 30.1. The minimum Gasteiger partial charge on any atom is -0.497 e. The Hall–Kier alpha value is -2.12. The first-order valence-electron chi connectivity index (χ1n) is 12.1. The van der Waals surface area contributed by atoms with Crippen molar-refractivity contribution in [1.29, 1.82) is 0 Å². The van der Waals surface area contributed by atoms with Crippen molar-refractivity contribution in [2.24, 2.45) is 5.92 Å². The number of rotatable bonds is 8. The maximum absolute atomic E-state index is 12.8. The van der Waals surface area contributed by atoms with Gasteiger partial charge in [0, 0.05) is 63.0 Å². The fourth-order valence-corrected chi connectivity index (χ4v) is 5.11. The topological polar surface area (TPSA) is 71.1 Å². The standard InChI is InChI=1S/C25H37N3O4/c1-18-16-22(31-2)7-8-23(18)24(29)26-11-13-28(20-9-14-32-15-10-20)21-4-3-12-27(17-21)25(30)19-5-6-19/h7-8,16,19-21H,3-6,9-15,17H2,1-2H3,(H,26,29). The molecule has 1 saturated carbocycles. The van der Waals surface area contributed by atoms with Gasteiger partial charge in [-0.15, -0.1) is 0 Å². The van der Waals surface area contributed by atoms with Gasteiger partial charge in [0.25, 0.3) is 5.91 Å². The van der Waals surface area contributed by atoms with E-state index in [1.165, 1.54) is 0 Å². The number of hydrogen-bond acceptors (Lipinski definition) is 5. The predicted molar refractivity (Wildman–Crippen MR) is 123 cm³/mol. The second-order valence-electron chi connectivity index (χ2n) is 9.37. The quantitative estimate of drug-likeness (QED) is 0.669. The number of piperidine rings is 1. The summed E-state index contributed by atoms with van der Waals surface area (Å²) in [5.41, 5.74) is 1.59. The molecule has 1 aliphatic carbocycles. The smallest absolute Gasteiger partial charge is 0.251 e. The lowest BCUT2D eigenvalue weighted by Crippen LogP contribution is -2.55. The number of likely N-dealkylation sites (tertiary alicyclic amines) is 1. The number of nitrogens with one attached hydrogen (secondary N) is 1. The molecular weight excluding hydrogens is 406 g/mol. The summed E-state index contributed by atoms with van der Waals surface area (Å²) in [6, 6.07) is 6.33. The highest BCUT2D eigenvalue weighted by molar-refractivity contribution is 5.95. The molecule has 0 spiro atoms. The van der Waals surface area contributed by atoms with Gasteiger partial charge in [-0.25, -0.2) is 0 Å². The van der Waals surface area contributed by atoms with Crippen LogP contribution in [0.4, 0.5) is 0 Å². The largest absolute Gasteiger partial charge is 0.497 e. The Morgan fingerprint density at radius 3 is 2.62 bits per heavy atom. The van der Waals surface area contributed by atoms with E-state index in [2.05, 4.69) is 15.1 Å². The minimum absolute atomic E-state index is 0.0498. The average Bonchev–Trinajstić information content (AvgIpc) is 3.67. The number of carbonyl (C=O) groups excluding carboxylic acids is 2. The Labute approximate surface area is 191 Å². The van der Waals surface area contributed by atoms with Crippen molar-refractivity contribution in [2.45, 2.75) is 57.5 Å². The van der Waals surface area contributed by atoms with Crippen molar-refractivity contribution >= 4 is 11.8 Å². The molecule has 0 radical (unpaired) electrons. The molecule has 0 aromatic heterocycles. The number of aryl methyl sites for hydroxylation is 1. The first-order valence-corrected chi connectivity index (χ1v) is 12.1. The Balaban J connectivity index is 1.37. The first kappa shape index (κ1) is 23.1. The number of benzene rings is 1. The molecule has 2 saturated heterocycles. The molecule has 4 rings (SSSR count). The summed E-state index contributed by atoms with van der Waals surface area (Å²) in [6.45, 7) is 6.60. The van der Waals surface area contributed by atoms with Crippen molar-refractivity contribution in [3.63, 3.8) is 0 Å². The van der Waals surface area contributed by atoms with Gasteiger partial charge in [-0.1, -0.05) is 0 Å². The van der Waals surface area contributed by atoms with E-state index >= 15 is 0 Å². The third-order valence-electron chi connectivity index (χ3n) is 7.10. The van der Waals surface area contributed by atoms with Crippen LogP contribution in [-0.2, 0) is 9.53 Å². The third kappa shape index (κ3) is 5.62. The fraction of sp³-hybridized carbons (Fsp3) is 0.680. The molecule has 1 aromatic carbocycles. The lowest BCUT2D eigenvalue weighted by atomic mass is 9.98. The summed E-state index contributed by atoms with van der Waals surface area (Å²) < 4.78 is 10.8. The van der Waals surface area contributed by atoms with Crippen LogP contribution in [-0.4, -0.2) is 80.2 Å². The Morgan fingerprint density at radius 2 is 1.94 bits per heavy atom. The monoisotopic (exact) mass is 443 g/mol. The Kier molecular flexibility index (Phi) is 7.68. The maximum Gasteiger partial charge on any atom is 0.251 e. The lowest BCUT2D eigenvalue weighted by molar-refractivity contribution is -0.135. The van der Waals surface area contributed by atoms with Crippen LogP contribution in [0.1, 0.15) is 54.4 Å². The molecule has 1 aromatic rings. The molecule has 3 aliphatic rings. The van der Waals surface area contributed by atoms with Crippen molar-refractivity contribution in [2.75, 3.05) is 46.5 Å². The molecule has 3 fully saturated rings. The van der Waals surface area contributed by atoms with Gasteiger partial charge in [0.15, 0.2) is 0 Å². The van der Waals surface area contributed by atoms with E-state index in [9.17, 15) is 9.59 Å². The fourth-order valence-electron chi connectivity index (χ4n) is 5.11. The first-order chi connectivity index (χ1) is 15.6. The molecule has 0 bridgehead atoms. The van der Waals surface area contributed by atoms with E-state index in [4.69, 9.17) is 9.47 Å². The van der Waals surface area contributed by atoms with Crippen LogP contribution >= 0.6 is 0 Å². The van der Waals surface area contributed by atoms with Crippen molar-refractivity contribution in [3.05, 3.63) is 29.3 Å². The van der Waals surface area contributed by atoms with Crippen LogP contribution in [0.5, 0.6) is 5.75 Å². The average molecular weight is 444 g/mol. The number of hydrogen-bond donors (Lipinski definition) is 1. The van der Waals surface area contributed by atoms with Crippen molar-refractivity contribution < 1.29 is 19.1 Å². The van der Waals surface area contributed by atoms with Crippen LogP contribution in [0, 0.1) is 12.8 Å². The van der Waals surface area contributed by atoms with E-state index < -0.39 is 0 Å². The lowest BCUT2D eigenvalue weighted by Gasteiger charge is -2.44. The van der Waals surface area contributed by atoms with Crippen LogP contribution in [0.25, 0.3) is 0 Å². The second kappa shape index (κ2) is 10.7. The summed E-state index contributed by atoms with van der Waals surface area (Å²) >= 11 is 0. The molecule has 1 unspecified atom stereocenters. The number of amides is 2. The van der Waals surface area contributed by atoms with Gasteiger partial charge in [0.2, 0.25) is 5.91 Å². The van der Waals surface area contributed by atoms with E-state index in [-0.39, 0.29) is 11.8 Å². The number of carbonyl (C=O) groups is 2. The zero-order valence-electron chi connectivity index (χ0n) is 19.5. The number of ether oxygens (including phenoxy) is 2. The van der Waals surface area contributed by atoms with Gasteiger partial charge >= 0.3 is 0 Å². The molecule has 7 nitrogen and oxygen atoms in total. The van der Waals surface area contributed by atoms with Gasteiger partial charge in [-0.05, 0) is 69.2 Å². The van der Waals surface area contributed by atoms with Crippen LogP contribution in [0.2, 0.25) is 0 Å². The molecule has 1 atom stereocenters. The highest BCUT2D eigenvalue weighted by atomic mass is 16.5. The van der Waals surface area contributed by atoms with Gasteiger partial charge in [0.1, 0.15) is 5.75 Å². The highest BCUT2D eigenvalue weighted by Gasteiger charge is 2.37. The zero-order valence-corrected chi connectivity index (χ0v) is 19.5. The number of nitrogens with zero attached hydrogens (tertiary/aromatic N) is 2. The van der Waals surface area contributed by atoms with Gasteiger partial charge in [-0.2, -0.15) is 0 Å². The van der Waals surface area contributed by atoms with Gasteiger partial charge < -0.3 is 19.7 Å².